The number of carbonyl (C=O) groups is 3. The molecular weight excluding hydrogens is 432 g/mol. The van der Waals surface area contributed by atoms with Crippen LogP contribution >= 0.6 is 0 Å². The van der Waals surface area contributed by atoms with Gasteiger partial charge in [-0.2, -0.15) is 0 Å². The Hall–Kier alpha value is -3.35. The summed E-state index contributed by atoms with van der Waals surface area (Å²) >= 11 is 0. The predicted octanol–water partition coefficient (Wildman–Crippen LogP) is 4.65. The summed E-state index contributed by atoms with van der Waals surface area (Å²) in [6, 6.07) is 15.4. The Morgan fingerprint density at radius 2 is 1.53 bits per heavy atom. The van der Waals surface area contributed by atoms with Gasteiger partial charge in [0.1, 0.15) is 6.61 Å². The number of alkyl carbamates (subject to hydrolysis) is 1. The Balaban J connectivity index is 1.62. The largest absolute Gasteiger partial charge is 0.481 e. The first-order valence-electron chi connectivity index (χ1n) is 11.9. The zero-order valence-corrected chi connectivity index (χ0v) is 20.3. The standard InChI is InChI=1S/C27H34N2O5/c1-5-29(18(4)14-26(31)32)25(30)15-24(17(2)3)28-27(33)34-16-23-21-12-8-6-10-19(21)20-11-7-9-13-22(20)23/h6-13,17-18,23-24H,5,14-16H2,1-4H3,(H,28,33)(H,31,32)/t18?,24-/m1/s1. The Bertz CT molecular complexity index is 990. The van der Waals surface area contributed by atoms with E-state index in [1.807, 2.05) is 45.0 Å². The molecule has 2 amide bonds. The van der Waals surface area contributed by atoms with Crippen molar-refractivity contribution in [1.82, 2.24) is 10.2 Å². The van der Waals surface area contributed by atoms with Gasteiger partial charge in [-0.25, -0.2) is 4.79 Å². The number of benzene rings is 2. The number of carboxylic acid groups (broad SMARTS) is 1. The monoisotopic (exact) mass is 466 g/mol. The van der Waals surface area contributed by atoms with Gasteiger partial charge in [-0.15, -0.1) is 0 Å². The van der Waals surface area contributed by atoms with Crippen LogP contribution in [0.1, 0.15) is 57.6 Å². The molecule has 0 aromatic heterocycles. The van der Waals surface area contributed by atoms with E-state index in [1.165, 1.54) is 0 Å². The van der Waals surface area contributed by atoms with Crippen molar-refractivity contribution in [2.45, 2.75) is 58.5 Å². The first-order chi connectivity index (χ1) is 16.2. The molecule has 2 aromatic rings. The molecule has 0 aliphatic heterocycles. The topological polar surface area (TPSA) is 95.9 Å². The Kier molecular flexibility index (Phi) is 8.31. The van der Waals surface area contributed by atoms with Crippen LogP contribution in [0.2, 0.25) is 0 Å². The molecule has 7 nitrogen and oxygen atoms in total. The molecular formula is C27H34N2O5. The van der Waals surface area contributed by atoms with Gasteiger partial charge in [0.15, 0.2) is 0 Å². The lowest BCUT2D eigenvalue weighted by atomic mass is 9.98. The highest BCUT2D eigenvalue weighted by molar-refractivity contribution is 5.80. The van der Waals surface area contributed by atoms with Crippen molar-refractivity contribution in [1.29, 1.82) is 0 Å². The molecule has 3 rings (SSSR count). The Morgan fingerprint density at radius 1 is 0.971 bits per heavy atom. The third-order valence-electron chi connectivity index (χ3n) is 6.51. The van der Waals surface area contributed by atoms with Crippen molar-refractivity contribution in [3.05, 3.63) is 59.7 Å². The summed E-state index contributed by atoms with van der Waals surface area (Å²) in [5.41, 5.74) is 4.59. The number of aliphatic carboxylic acids is 1. The number of nitrogens with one attached hydrogen (secondary N) is 1. The van der Waals surface area contributed by atoms with Gasteiger partial charge < -0.3 is 20.1 Å². The number of carbonyl (C=O) groups excluding carboxylic acids is 2. The molecule has 2 N–H and O–H groups in total. The minimum Gasteiger partial charge on any atom is -0.481 e. The average Bonchev–Trinajstić information content (AvgIpc) is 3.11. The van der Waals surface area contributed by atoms with Crippen molar-refractivity contribution in [2.75, 3.05) is 13.2 Å². The minimum absolute atomic E-state index is 0.00193. The summed E-state index contributed by atoms with van der Waals surface area (Å²) < 4.78 is 5.64. The fourth-order valence-electron chi connectivity index (χ4n) is 4.65. The van der Waals surface area contributed by atoms with Crippen molar-refractivity contribution in [3.63, 3.8) is 0 Å². The van der Waals surface area contributed by atoms with Crippen LogP contribution in [0.25, 0.3) is 11.1 Å². The lowest BCUT2D eigenvalue weighted by molar-refractivity contribution is -0.140. The van der Waals surface area contributed by atoms with E-state index in [4.69, 9.17) is 9.84 Å². The zero-order valence-electron chi connectivity index (χ0n) is 20.3. The average molecular weight is 467 g/mol. The molecule has 0 saturated carbocycles. The van der Waals surface area contributed by atoms with E-state index in [0.717, 1.165) is 22.3 Å². The first kappa shape index (κ1) is 25.3. The van der Waals surface area contributed by atoms with Crippen LogP contribution in [-0.4, -0.2) is 53.2 Å². The summed E-state index contributed by atoms with van der Waals surface area (Å²) in [5, 5.41) is 11.9. The van der Waals surface area contributed by atoms with E-state index in [2.05, 4.69) is 29.6 Å². The predicted molar refractivity (Wildman–Crippen MR) is 131 cm³/mol. The minimum atomic E-state index is -0.948. The third kappa shape index (κ3) is 5.76. The van der Waals surface area contributed by atoms with E-state index < -0.39 is 24.1 Å². The highest BCUT2D eigenvalue weighted by Crippen LogP contribution is 2.44. The van der Waals surface area contributed by atoms with Crippen LogP contribution in [0, 0.1) is 5.92 Å². The second-order valence-corrected chi connectivity index (χ2v) is 9.15. The van der Waals surface area contributed by atoms with Crippen LogP contribution < -0.4 is 5.32 Å². The van der Waals surface area contributed by atoms with Crippen molar-refractivity contribution < 1.29 is 24.2 Å². The first-order valence-corrected chi connectivity index (χ1v) is 11.9. The van der Waals surface area contributed by atoms with Crippen molar-refractivity contribution >= 4 is 18.0 Å². The van der Waals surface area contributed by atoms with Crippen molar-refractivity contribution in [3.8, 4) is 11.1 Å². The molecule has 1 unspecified atom stereocenters. The second-order valence-electron chi connectivity index (χ2n) is 9.15. The summed E-state index contributed by atoms with van der Waals surface area (Å²) in [7, 11) is 0. The fourth-order valence-corrected chi connectivity index (χ4v) is 4.65. The normalized spacial score (nSPS) is 14.1. The van der Waals surface area contributed by atoms with Gasteiger partial charge in [0.05, 0.1) is 6.42 Å². The number of fused-ring (bicyclic) bond motifs is 3. The molecule has 0 saturated heterocycles. The SMILES string of the molecule is CCN(C(=O)C[C@@H](NC(=O)OCC1c2ccccc2-c2ccccc21)C(C)C)C(C)CC(=O)O. The van der Waals surface area contributed by atoms with E-state index in [9.17, 15) is 14.4 Å². The number of hydrogen-bond donors (Lipinski definition) is 2. The molecule has 182 valence electrons. The molecule has 2 atom stereocenters. The van der Waals surface area contributed by atoms with E-state index >= 15 is 0 Å². The number of hydrogen-bond acceptors (Lipinski definition) is 4. The molecule has 2 aromatic carbocycles. The van der Waals surface area contributed by atoms with E-state index in [-0.39, 0.29) is 37.2 Å². The quantitative estimate of drug-likeness (QED) is 0.531. The number of rotatable bonds is 10. The maximum atomic E-state index is 12.9. The Labute approximate surface area is 201 Å². The third-order valence-corrected chi connectivity index (χ3v) is 6.51. The van der Waals surface area contributed by atoms with Crippen molar-refractivity contribution in [2.24, 2.45) is 5.92 Å². The lowest BCUT2D eigenvalue weighted by Crippen LogP contribution is -2.46. The molecule has 34 heavy (non-hydrogen) atoms. The van der Waals surface area contributed by atoms with Crippen LogP contribution in [0.5, 0.6) is 0 Å². The Morgan fingerprint density at radius 3 is 2.03 bits per heavy atom. The summed E-state index contributed by atoms with van der Waals surface area (Å²) in [6.45, 7) is 8.01. The van der Waals surface area contributed by atoms with Crippen LogP contribution in [-0.2, 0) is 14.3 Å². The van der Waals surface area contributed by atoms with Gasteiger partial charge in [0.25, 0.3) is 0 Å². The molecule has 0 radical (unpaired) electrons. The maximum Gasteiger partial charge on any atom is 0.407 e. The number of nitrogens with zero attached hydrogens (tertiary/aromatic N) is 1. The van der Waals surface area contributed by atoms with Crippen LogP contribution in [0.15, 0.2) is 48.5 Å². The van der Waals surface area contributed by atoms with E-state index in [1.54, 1.807) is 11.8 Å². The van der Waals surface area contributed by atoms with Crippen LogP contribution in [0.4, 0.5) is 4.79 Å². The highest BCUT2D eigenvalue weighted by Gasteiger charge is 2.30. The smallest absolute Gasteiger partial charge is 0.407 e. The summed E-state index contributed by atoms with van der Waals surface area (Å²) in [5.74, 6) is -1.17. The molecule has 0 fully saturated rings. The second kappa shape index (κ2) is 11.2. The van der Waals surface area contributed by atoms with Crippen LogP contribution in [0.3, 0.4) is 0 Å². The summed E-state index contributed by atoms with van der Waals surface area (Å²) in [4.78, 5) is 38.2. The molecule has 1 aliphatic carbocycles. The molecule has 1 aliphatic rings. The zero-order chi connectivity index (χ0) is 24.8. The molecule has 0 bridgehead atoms. The molecule has 7 heteroatoms. The summed E-state index contributed by atoms with van der Waals surface area (Å²) in [6.07, 6.45) is -0.597. The highest BCUT2D eigenvalue weighted by atomic mass is 16.5. The van der Waals surface area contributed by atoms with Gasteiger partial charge >= 0.3 is 12.1 Å². The molecule has 0 heterocycles. The number of carboxylic acids is 1. The number of ether oxygens (including phenoxy) is 1. The molecule has 0 spiro atoms. The van der Waals surface area contributed by atoms with Gasteiger partial charge in [0.2, 0.25) is 5.91 Å². The van der Waals surface area contributed by atoms with E-state index in [0.29, 0.717) is 6.54 Å². The lowest BCUT2D eigenvalue weighted by Gasteiger charge is -2.30. The van der Waals surface area contributed by atoms with Gasteiger partial charge in [0, 0.05) is 31.0 Å². The van der Waals surface area contributed by atoms with Gasteiger partial charge in [-0.1, -0.05) is 62.4 Å². The maximum absolute atomic E-state index is 12.9. The van der Waals surface area contributed by atoms with Gasteiger partial charge in [-0.05, 0) is 42.0 Å². The van der Waals surface area contributed by atoms with Gasteiger partial charge in [-0.3, -0.25) is 9.59 Å². The number of amides is 2. The fraction of sp³-hybridized carbons (Fsp3) is 0.444.